The number of ether oxygens (including phenoxy) is 1. The smallest absolute Gasteiger partial charge is 0.243 e. The van der Waals surface area contributed by atoms with Crippen LogP contribution in [0.1, 0.15) is 33.6 Å². The van der Waals surface area contributed by atoms with Gasteiger partial charge in [0.05, 0.1) is 6.61 Å². The highest BCUT2D eigenvalue weighted by molar-refractivity contribution is 5.87. The van der Waals surface area contributed by atoms with Crippen LogP contribution in [0.4, 0.5) is 5.69 Å². The largest absolute Gasteiger partial charge is 0.494 e. The maximum absolute atomic E-state index is 11.6. The summed E-state index contributed by atoms with van der Waals surface area (Å²) in [6, 6.07) is 7.55. The second-order valence-corrected chi connectivity index (χ2v) is 4.24. The van der Waals surface area contributed by atoms with E-state index in [-0.39, 0.29) is 5.91 Å². The lowest BCUT2D eigenvalue weighted by Crippen LogP contribution is -2.49. The van der Waals surface area contributed by atoms with E-state index in [9.17, 15) is 4.79 Å². The van der Waals surface area contributed by atoms with Crippen LogP contribution < -0.4 is 15.8 Å². The lowest BCUT2D eigenvalue weighted by molar-refractivity contribution is -0.122. The van der Waals surface area contributed by atoms with E-state index >= 15 is 0 Å². The fourth-order valence-electron chi connectivity index (χ4n) is 1.91. The molecule has 1 aromatic rings. The van der Waals surface area contributed by atoms with Crippen molar-refractivity contribution in [2.24, 2.45) is 5.73 Å². The van der Waals surface area contributed by atoms with Crippen LogP contribution in [0, 0.1) is 0 Å². The summed E-state index contributed by atoms with van der Waals surface area (Å²) >= 11 is 0. The maximum atomic E-state index is 11.6. The molecule has 0 spiro atoms. The molecule has 0 aliphatic heterocycles. The van der Waals surface area contributed by atoms with E-state index in [1.54, 1.807) is 0 Å². The average molecular weight is 250 g/mol. The number of hydrogen-bond donors (Lipinski definition) is 2. The summed E-state index contributed by atoms with van der Waals surface area (Å²) in [6.45, 7) is 6.49. The third-order valence-electron chi connectivity index (χ3n) is 3.23. The van der Waals surface area contributed by atoms with Gasteiger partial charge in [-0.05, 0) is 44.0 Å². The molecule has 1 rings (SSSR count). The van der Waals surface area contributed by atoms with Gasteiger partial charge < -0.3 is 15.8 Å². The molecule has 0 bridgehead atoms. The molecular formula is C14H22N2O2. The first-order valence-corrected chi connectivity index (χ1v) is 6.39. The molecule has 18 heavy (non-hydrogen) atoms. The maximum Gasteiger partial charge on any atom is 0.243 e. The first-order chi connectivity index (χ1) is 8.57. The number of hydrogen-bond acceptors (Lipinski definition) is 3. The van der Waals surface area contributed by atoms with Crippen LogP contribution in [0.25, 0.3) is 0 Å². The molecule has 4 nitrogen and oxygen atoms in total. The molecule has 0 saturated heterocycles. The highest BCUT2D eigenvalue weighted by Gasteiger charge is 2.32. The van der Waals surface area contributed by atoms with Crippen molar-refractivity contribution in [2.75, 3.05) is 11.9 Å². The molecule has 0 heterocycles. The number of benzene rings is 1. The minimum atomic E-state index is -0.673. The third-order valence-corrected chi connectivity index (χ3v) is 3.23. The van der Waals surface area contributed by atoms with Gasteiger partial charge in [-0.1, -0.05) is 13.8 Å². The Bertz CT molecular complexity index is 383. The highest BCUT2D eigenvalue weighted by Crippen LogP contribution is 2.23. The van der Waals surface area contributed by atoms with E-state index in [1.165, 1.54) is 0 Å². The topological polar surface area (TPSA) is 64.3 Å². The lowest BCUT2D eigenvalue weighted by atomic mass is 9.91. The lowest BCUT2D eigenvalue weighted by Gasteiger charge is -2.30. The Morgan fingerprint density at radius 2 is 1.78 bits per heavy atom. The Labute approximate surface area is 109 Å². The predicted octanol–water partition coefficient (Wildman–Crippen LogP) is 2.54. The molecular weight excluding hydrogens is 228 g/mol. The highest BCUT2D eigenvalue weighted by atomic mass is 16.5. The van der Waals surface area contributed by atoms with Crippen molar-refractivity contribution in [1.82, 2.24) is 0 Å². The van der Waals surface area contributed by atoms with E-state index in [2.05, 4.69) is 5.32 Å². The van der Waals surface area contributed by atoms with Crippen LogP contribution in [0.15, 0.2) is 24.3 Å². The molecule has 0 aliphatic rings. The molecule has 0 saturated carbocycles. The fourth-order valence-corrected chi connectivity index (χ4v) is 1.91. The van der Waals surface area contributed by atoms with Gasteiger partial charge in [0.1, 0.15) is 11.3 Å². The summed E-state index contributed by atoms with van der Waals surface area (Å²) in [4.78, 5) is 11.6. The molecule has 0 aromatic heterocycles. The first kappa shape index (κ1) is 14.4. The zero-order valence-electron chi connectivity index (χ0n) is 11.3. The number of nitrogens with one attached hydrogen (secondary N) is 1. The number of rotatable bonds is 7. The van der Waals surface area contributed by atoms with E-state index < -0.39 is 5.54 Å². The Kier molecular flexibility index (Phi) is 5.01. The third kappa shape index (κ3) is 3.15. The molecule has 0 atom stereocenters. The molecule has 0 radical (unpaired) electrons. The molecule has 0 fully saturated rings. The van der Waals surface area contributed by atoms with E-state index in [1.807, 2.05) is 45.0 Å². The van der Waals surface area contributed by atoms with Gasteiger partial charge in [-0.15, -0.1) is 0 Å². The predicted molar refractivity (Wildman–Crippen MR) is 73.7 cm³/mol. The molecule has 3 N–H and O–H groups in total. The van der Waals surface area contributed by atoms with Crippen molar-refractivity contribution in [3.63, 3.8) is 0 Å². The second-order valence-electron chi connectivity index (χ2n) is 4.24. The molecule has 1 amide bonds. The Balaban J connectivity index is 2.84. The van der Waals surface area contributed by atoms with Crippen LogP contribution in [0.5, 0.6) is 5.75 Å². The van der Waals surface area contributed by atoms with Crippen molar-refractivity contribution in [2.45, 2.75) is 39.2 Å². The van der Waals surface area contributed by atoms with Crippen molar-refractivity contribution >= 4 is 11.6 Å². The quantitative estimate of drug-likeness (QED) is 0.781. The van der Waals surface area contributed by atoms with E-state index in [0.29, 0.717) is 19.4 Å². The number of carbonyl (C=O) groups is 1. The van der Waals surface area contributed by atoms with Gasteiger partial charge >= 0.3 is 0 Å². The zero-order valence-corrected chi connectivity index (χ0v) is 11.3. The Morgan fingerprint density at radius 3 is 2.17 bits per heavy atom. The van der Waals surface area contributed by atoms with Gasteiger partial charge in [-0.2, -0.15) is 0 Å². The minimum Gasteiger partial charge on any atom is -0.494 e. The summed E-state index contributed by atoms with van der Waals surface area (Å²) in [5.74, 6) is 0.502. The summed E-state index contributed by atoms with van der Waals surface area (Å²) < 4.78 is 5.37. The molecule has 0 unspecified atom stereocenters. The Morgan fingerprint density at radius 1 is 1.22 bits per heavy atom. The Hall–Kier alpha value is -1.71. The van der Waals surface area contributed by atoms with Crippen LogP contribution in [0.2, 0.25) is 0 Å². The van der Waals surface area contributed by atoms with Gasteiger partial charge in [-0.25, -0.2) is 0 Å². The molecule has 0 aliphatic carbocycles. The number of primary amides is 1. The monoisotopic (exact) mass is 250 g/mol. The van der Waals surface area contributed by atoms with Gasteiger partial charge in [-0.3, -0.25) is 4.79 Å². The number of nitrogens with two attached hydrogens (primary N) is 1. The fraction of sp³-hybridized carbons (Fsp3) is 0.500. The minimum absolute atomic E-state index is 0.318. The van der Waals surface area contributed by atoms with Crippen LogP contribution in [-0.2, 0) is 4.79 Å². The molecule has 4 heteroatoms. The summed E-state index contributed by atoms with van der Waals surface area (Å²) in [5.41, 5.74) is 5.69. The first-order valence-electron chi connectivity index (χ1n) is 6.39. The second kappa shape index (κ2) is 6.28. The van der Waals surface area contributed by atoms with Crippen molar-refractivity contribution in [1.29, 1.82) is 0 Å². The van der Waals surface area contributed by atoms with E-state index in [4.69, 9.17) is 10.5 Å². The van der Waals surface area contributed by atoms with Crippen LogP contribution in [0.3, 0.4) is 0 Å². The van der Waals surface area contributed by atoms with Gasteiger partial charge in [0.25, 0.3) is 0 Å². The molecule has 100 valence electrons. The van der Waals surface area contributed by atoms with Gasteiger partial charge in [0.2, 0.25) is 5.91 Å². The van der Waals surface area contributed by atoms with Crippen molar-refractivity contribution in [3.05, 3.63) is 24.3 Å². The summed E-state index contributed by atoms with van der Waals surface area (Å²) in [7, 11) is 0. The van der Waals surface area contributed by atoms with E-state index in [0.717, 1.165) is 11.4 Å². The number of amides is 1. The average Bonchev–Trinajstić information content (AvgIpc) is 2.38. The van der Waals surface area contributed by atoms with Crippen LogP contribution >= 0.6 is 0 Å². The van der Waals surface area contributed by atoms with Crippen molar-refractivity contribution in [3.8, 4) is 5.75 Å². The summed E-state index contributed by atoms with van der Waals surface area (Å²) in [5, 5.41) is 3.23. The molecule has 1 aromatic carbocycles. The number of anilines is 1. The van der Waals surface area contributed by atoms with Gasteiger partial charge in [0.15, 0.2) is 0 Å². The van der Waals surface area contributed by atoms with Gasteiger partial charge in [0, 0.05) is 5.69 Å². The van der Waals surface area contributed by atoms with Crippen molar-refractivity contribution < 1.29 is 9.53 Å². The normalized spacial score (nSPS) is 11.1. The SMILES string of the molecule is CCOc1ccc(NC(CC)(CC)C(N)=O)cc1. The van der Waals surface area contributed by atoms with Crippen LogP contribution in [-0.4, -0.2) is 18.1 Å². The zero-order chi connectivity index (χ0) is 13.6. The standard InChI is InChI=1S/C14H22N2O2/c1-4-14(5-2,13(15)17)16-11-7-9-12(10-8-11)18-6-3/h7-10,16H,4-6H2,1-3H3,(H2,15,17). The summed E-state index contributed by atoms with van der Waals surface area (Å²) in [6.07, 6.45) is 1.32. The number of carbonyl (C=O) groups excluding carboxylic acids is 1.